The predicted octanol–water partition coefficient (Wildman–Crippen LogP) is 2.78. The van der Waals surface area contributed by atoms with Crippen molar-refractivity contribution >= 4 is 18.3 Å². The van der Waals surface area contributed by atoms with E-state index in [0.29, 0.717) is 24.6 Å². The first kappa shape index (κ1) is 18.6. The molecule has 22 heavy (non-hydrogen) atoms. The first-order valence-corrected chi connectivity index (χ1v) is 7.09. The van der Waals surface area contributed by atoms with Gasteiger partial charge in [0.15, 0.2) is 0 Å². The Morgan fingerprint density at radius 3 is 2.68 bits per heavy atom. The lowest BCUT2D eigenvalue weighted by Crippen LogP contribution is -2.40. The zero-order valence-electron chi connectivity index (χ0n) is 12.4. The molecule has 1 aliphatic heterocycles. The average molecular weight is 335 g/mol. The van der Waals surface area contributed by atoms with Crippen molar-refractivity contribution in [3.8, 4) is 5.75 Å². The summed E-state index contributed by atoms with van der Waals surface area (Å²) < 4.78 is 28.7. The lowest BCUT2D eigenvalue weighted by molar-refractivity contribution is -0.0499. The summed E-state index contributed by atoms with van der Waals surface area (Å²) >= 11 is 0. The van der Waals surface area contributed by atoms with Crippen LogP contribution in [0.2, 0.25) is 0 Å². The summed E-state index contributed by atoms with van der Waals surface area (Å²) in [6.45, 7) is -0.525. The minimum absolute atomic E-state index is 0. The minimum Gasteiger partial charge on any atom is -0.435 e. The van der Waals surface area contributed by atoms with Crippen LogP contribution in [0.1, 0.15) is 23.2 Å². The average Bonchev–Trinajstić information content (AvgIpc) is 2.47. The highest BCUT2D eigenvalue weighted by atomic mass is 35.5. The first-order chi connectivity index (χ1) is 10.1. The number of rotatable bonds is 5. The van der Waals surface area contributed by atoms with Gasteiger partial charge in [-0.2, -0.15) is 8.78 Å². The fourth-order valence-electron chi connectivity index (χ4n) is 2.62. The normalized spacial score (nSPS) is 15.5. The Labute approximate surface area is 135 Å². The predicted molar refractivity (Wildman–Crippen MR) is 82.9 cm³/mol. The van der Waals surface area contributed by atoms with Gasteiger partial charge in [0.2, 0.25) is 0 Å². The second-order valence-corrected chi connectivity index (χ2v) is 5.20. The van der Waals surface area contributed by atoms with Crippen molar-refractivity contribution in [3.63, 3.8) is 0 Å². The highest BCUT2D eigenvalue weighted by Crippen LogP contribution is 2.21. The van der Waals surface area contributed by atoms with Crippen molar-refractivity contribution in [2.75, 3.05) is 26.7 Å². The van der Waals surface area contributed by atoms with Gasteiger partial charge in [-0.05, 0) is 50.6 Å². The Bertz CT molecular complexity index is 480. The van der Waals surface area contributed by atoms with Crippen LogP contribution >= 0.6 is 12.4 Å². The van der Waals surface area contributed by atoms with Gasteiger partial charge in [-0.3, -0.25) is 4.79 Å². The maximum absolute atomic E-state index is 12.4. The molecule has 2 rings (SSSR count). The molecule has 0 unspecified atom stereocenters. The topological polar surface area (TPSA) is 41.6 Å². The molecule has 0 saturated carbocycles. The number of piperidine rings is 1. The molecule has 1 amide bonds. The molecule has 124 valence electrons. The number of hydrogen-bond donors (Lipinski definition) is 1. The third-order valence-corrected chi connectivity index (χ3v) is 3.70. The van der Waals surface area contributed by atoms with Gasteiger partial charge in [0.1, 0.15) is 5.75 Å². The zero-order chi connectivity index (χ0) is 15.2. The molecule has 1 aromatic carbocycles. The molecule has 1 aliphatic rings. The van der Waals surface area contributed by atoms with Gasteiger partial charge in [0.05, 0.1) is 0 Å². The molecule has 0 spiro atoms. The van der Waals surface area contributed by atoms with E-state index in [0.717, 1.165) is 19.4 Å². The van der Waals surface area contributed by atoms with Crippen molar-refractivity contribution in [1.29, 1.82) is 0 Å². The Morgan fingerprint density at radius 2 is 2.09 bits per heavy atom. The summed E-state index contributed by atoms with van der Waals surface area (Å²) in [6, 6.07) is 5.97. The maximum Gasteiger partial charge on any atom is 0.387 e. The van der Waals surface area contributed by atoms with Crippen LogP contribution in [-0.2, 0) is 0 Å². The number of carbonyl (C=O) groups is 1. The SMILES string of the molecule is CNCC1CCN(C(=O)c2cccc(OC(F)F)c2)CC1.Cl. The quantitative estimate of drug-likeness (QED) is 0.900. The molecular formula is C15H21ClF2N2O2. The number of halogens is 3. The fourth-order valence-corrected chi connectivity index (χ4v) is 2.62. The lowest BCUT2D eigenvalue weighted by Gasteiger charge is -2.32. The van der Waals surface area contributed by atoms with E-state index in [9.17, 15) is 13.6 Å². The van der Waals surface area contributed by atoms with Crippen molar-refractivity contribution in [3.05, 3.63) is 29.8 Å². The second kappa shape index (κ2) is 8.90. The van der Waals surface area contributed by atoms with Gasteiger partial charge >= 0.3 is 6.61 Å². The molecule has 1 fully saturated rings. The van der Waals surface area contributed by atoms with Crippen LogP contribution in [0, 0.1) is 5.92 Å². The largest absolute Gasteiger partial charge is 0.435 e. The number of carbonyl (C=O) groups excluding carboxylic acids is 1. The van der Waals surface area contributed by atoms with E-state index >= 15 is 0 Å². The number of nitrogens with one attached hydrogen (secondary N) is 1. The molecule has 1 N–H and O–H groups in total. The molecule has 0 aliphatic carbocycles. The lowest BCUT2D eigenvalue weighted by atomic mass is 9.96. The van der Waals surface area contributed by atoms with E-state index in [1.165, 1.54) is 12.1 Å². The van der Waals surface area contributed by atoms with Gasteiger partial charge in [0.25, 0.3) is 5.91 Å². The molecule has 0 aromatic heterocycles. The first-order valence-electron chi connectivity index (χ1n) is 7.09. The minimum atomic E-state index is -2.88. The summed E-state index contributed by atoms with van der Waals surface area (Å²) in [7, 11) is 1.92. The maximum atomic E-state index is 12.4. The van der Waals surface area contributed by atoms with Crippen LogP contribution in [0.5, 0.6) is 5.75 Å². The monoisotopic (exact) mass is 334 g/mol. The Hall–Kier alpha value is -1.40. The number of ether oxygens (including phenoxy) is 1. The molecule has 0 atom stereocenters. The summed E-state index contributed by atoms with van der Waals surface area (Å²) in [5.41, 5.74) is 0.389. The highest BCUT2D eigenvalue weighted by molar-refractivity contribution is 5.94. The molecule has 0 radical (unpaired) electrons. The summed E-state index contributed by atoms with van der Waals surface area (Å²) in [5, 5.41) is 3.15. The van der Waals surface area contributed by atoms with Gasteiger partial charge in [0, 0.05) is 18.7 Å². The van der Waals surface area contributed by atoms with E-state index in [2.05, 4.69) is 10.1 Å². The number of amides is 1. The van der Waals surface area contributed by atoms with Gasteiger partial charge in [-0.1, -0.05) is 6.07 Å². The van der Waals surface area contributed by atoms with Gasteiger partial charge in [-0.25, -0.2) is 0 Å². The van der Waals surface area contributed by atoms with Crippen LogP contribution in [0.3, 0.4) is 0 Å². The Balaban J connectivity index is 0.00000242. The van der Waals surface area contributed by atoms with Crippen molar-refractivity contribution < 1.29 is 18.3 Å². The number of likely N-dealkylation sites (tertiary alicyclic amines) is 1. The van der Waals surface area contributed by atoms with Crippen LogP contribution < -0.4 is 10.1 Å². The summed E-state index contributed by atoms with van der Waals surface area (Å²) in [4.78, 5) is 14.1. The van der Waals surface area contributed by atoms with E-state index < -0.39 is 6.61 Å². The van der Waals surface area contributed by atoms with Crippen LogP contribution in [0.25, 0.3) is 0 Å². The summed E-state index contributed by atoms with van der Waals surface area (Å²) in [6.07, 6.45) is 1.92. The van der Waals surface area contributed by atoms with E-state index in [1.807, 2.05) is 7.05 Å². The smallest absolute Gasteiger partial charge is 0.387 e. The van der Waals surface area contributed by atoms with E-state index in [4.69, 9.17) is 0 Å². The molecule has 7 heteroatoms. The van der Waals surface area contributed by atoms with Gasteiger partial charge < -0.3 is 15.0 Å². The molecule has 4 nitrogen and oxygen atoms in total. The fraction of sp³-hybridized carbons (Fsp3) is 0.533. The zero-order valence-corrected chi connectivity index (χ0v) is 13.2. The molecular weight excluding hydrogens is 314 g/mol. The number of benzene rings is 1. The van der Waals surface area contributed by atoms with E-state index in [1.54, 1.807) is 17.0 Å². The van der Waals surface area contributed by atoms with Crippen LogP contribution in [-0.4, -0.2) is 44.1 Å². The Kier molecular flexibility index (Phi) is 7.55. The van der Waals surface area contributed by atoms with Crippen LogP contribution in [0.4, 0.5) is 8.78 Å². The van der Waals surface area contributed by atoms with Crippen LogP contribution in [0.15, 0.2) is 24.3 Å². The number of hydrogen-bond acceptors (Lipinski definition) is 3. The molecule has 1 aromatic rings. The highest BCUT2D eigenvalue weighted by Gasteiger charge is 2.23. The standard InChI is InChI=1S/C15H20F2N2O2.ClH/c1-18-10-11-5-7-19(8-6-11)14(20)12-3-2-4-13(9-12)21-15(16)17;/h2-4,9,11,15,18H,5-8,10H2,1H3;1H. The van der Waals surface area contributed by atoms with Crippen molar-refractivity contribution in [1.82, 2.24) is 10.2 Å². The molecule has 1 heterocycles. The second-order valence-electron chi connectivity index (χ2n) is 5.20. The Morgan fingerprint density at radius 1 is 1.41 bits per heavy atom. The van der Waals surface area contributed by atoms with Crippen molar-refractivity contribution in [2.45, 2.75) is 19.5 Å². The molecule has 0 bridgehead atoms. The number of nitrogens with zero attached hydrogens (tertiary/aromatic N) is 1. The summed E-state index contributed by atoms with van der Waals surface area (Å²) in [5.74, 6) is 0.478. The third kappa shape index (κ3) is 5.10. The third-order valence-electron chi connectivity index (χ3n) is 3.70. The van der Waals surface area contributed by atoms with Crippen molar-refractivity contribution in [2.24, 2.45) is 5.92 Å². The number of alkyl halides is 2. The molecule has 1 saturated heterocycles. The van der Waals surface area contributed by atoms with E-state index in [-0.39, 0.29) is 24.1 Å². The van der Waals surface area contributed by atoms with Gasteiger partial charge in [-0.15, -0.1) is 12.4 Å².